The maximum absolute atomic E-state index is 6.48. The number of benzene rings is 9. The van der Waals surface area contributed by atoms with Gasteiger partial charge in [0.05, 0.1) is 5.69 Å². The Morgan fingerprint density at radius 2 is 1.02 bits per heavy atom. The van der Waals surface area contributed by atoms with Crippen molar-refractivity contribution in [2.75, 3.05) is 4.90 Å². The van der Waals surface area contributed by atoms with Crippen LogP contribution < -0.4 is 4.90 Å². The van der Waals surface area contributed by atoms with E-state index in [9.17, 15) is 0 Å². The van der Waals surface area contributed by atoms with Crippen molar-refractivity contribution < 1.29 is 4.42 Å². The minimum atomic E-state index is -0.232. The Morgan fingerprint density at radius 3 is 1.80 bits per heavy atom. The molecule has 1 aliphatic carbocycles. The van der Waals surface area contributed by atoms with Gasteiger partial charge in [0, 0.05) is 33.6 Å². The topological polar surface area (TPSA) is 16.4 Å². The molecule has 0 atom stereocenters. The minimum absolute atomic E-state index is 0.232. The molecule has 2 nitrogen and oxygen atoms in total. The maximum Gasteiger partial charge on any atom is 0.137 e. The molecule has 11 rings (SSSR count). The van der Waals surface area contributed by atoms with Crippen molar-refractivity contribution in [3.8, 4) is 33.4 Å². The lowest BCUT2D eigenvalue weighted by molar-refractivity contribution is 0.661. The lowest BCUT2D eigenvalue weighted by Crippen LogP contribution is -2.20. The van der Waals surface area contributed by atoms with Crippen molar-refractivity contribution >= 4 is 60.5 Å². The molecule has 0 saturated carbocycles. The van der Waals surface area contributed by atoms with Gasteiger partial charge in [-0.1, -0.05) is 147 Å². The summed E-state index contributed by atoms with van der Waals surface area (Å²) >= 11 is 0. The van der Waals surface area contributed by atoms with E-state index >= 15 is 0 Å². The summed E-state index contributed by atoms with van der Waals surface area (Å²) < 4.78 is 6.48. The number of anilines is 3. The monoisotopic (exact) mass is 703 g/mol. The van der Waals surface area contributed by atoms with E-state index in [1.165, 1.54) is 71.7 Å². The van der Waals surface area contributed by atoms with Crippen LogP contribution in [0.4, 0.5) is 17.1 Å². The molecule has 1 aliphatic rings. The van der Waals surface area contributed by atoms with Gasteiger partial charge in [-0.25, -0.2) is 0 Å². The molecular weight excluding hydrogens is 667 g/mol. The number of fused-ring (bicyclic) bond motifs is 8. The van der Waals surface area contributed by atoms with Gasteiger partial charge in [0.25, 0.3) is 0 Å². The second-order valence-electron chi connectivity index (χ2n) is 15.3. The second-order valence-corrected chi connectivity index (χ2v) is 15.3. The van der Waals surface area contributed by atoms with Crippen LogP contribution in [0.15, 0.2) is 192 Å². The lowest BCUT2D eigenvalue weighted by atomic mass is 9.80. The van der Waals surface area contributed by atoms with Gasteiger partial charge in [0.2, 0.25) is 0 Å². The third kappa shape index (κ3) is 4.88. The minimum Gasteiger partial charge on any atom is -0.456 e. The summed E-state index contributed by atoms with van der Waals surface area (Å²) in [6.45, 7) is 4.76. The van der Waals surface area contributed by atoms with Crippen LogP contribution in [-0.4, -0.2) is 0 Å². The van der Waals surface area contributed by atoms with Crippen LogP contribution >= 0.6 is 0 Å². The molecule has 0 spiro atoms. The van der Waals surface area contributed by atoms with Crippen LogP contribution in [0, 0.1) is 0 Å². The van der Waals surface area contributed by atoms with E-state index < -0.39 is 0 Å². The molecule has 0 saturated heterocycles. The van der Waals surface area contributed by atoms with Gasteiger partial charge in [-0.2, -0.15) is 0 Å². The first kappa shape index (κ1) is 31.6. The average molecular weight is 704 g/mol. The molecule has 0 radical (unpaired) electrons. The first-order valence-electron chi connectivity index (χ1n) is 19.1. The summed E-state index contributed by atoms with van der Waals surface area (Å²) in [6.07, 6.45) is 0. The summed E-state index contributed by atoms with van der Waals surface area (Å²) in [5, 5.41) is 7.30. The Kier molecular flexibility index (Phi) is 6.93. The Labute approximate surface area is 320 Å². The quantitative estimate of drug-likeness (QED) is 0.177. The van der Waals surface area contributed by atoms with E-state index in [-0.39, 0.29) is 5.41 Å². The van der Waals surface area contributed by atoms with Gasteiger partial charge in [-0.3, -0.25) is 0 Å². The van der Waals surface area contributed by atoms with Crippen LogP contribution in [0.25, 0.3) is 76.9 Å². The highest BCUT2D eigenvalue weighted by atomic mass is 16.3. The zero-order valence-electron chi connectivity index (χ0n) is 30.8. The van der Waals surface area contributed by atoms with Crippen molar-refractivity contribution in [2.24, 2.45) is 0 Å². The number of nitrogens with zero attached hydrogens (tertiary/aromatic N) is 1. The zero-order chi connectivity index (χ0) is 36.7. The second kappa shape index (κ2) is 12.1. The Bertz CT molecular complexity index is 3110. The standard InChI is InChI=1S/C53H37NO/c1-53(2)47-32-38-16-7-6-15-37(38)31-46(47)45-22-12-23-48(52(45)53)54(40-29-30-44-43-19-8-9-24-49(43)55-50(44)33-40)39-27-25-35(26-28-39)42-21-11-18-36-17-10-20-41(51(36)42)34-13-4-3-5-14-34/h3-33H,1-2H3. The van der Waals surface area contributed by atoms with E-state index in [0.29, 0.717) is 0 Å². The number of hydrogen-bond donors (Lipinski definition) is 0. The zero-order valence-corrected chi connectivity index (χ0v) is 30.8. The third-order valence-electron chi connectivity index (χ3n) is 11.8. The molecule has 0 amide bonds. The summed E-state index contributed by atoms with van der Waals surface area (Å²) in [4.78, 5) is 2.43. The van der Waals surface area contributed by atoms with E-state index in [1.807, 2.05) is 6.07 Å². The lowest BCUT2D eigenvalue weighted by Gasteiger charge is -2.32. The van der Waals surface area contributed by atoms with E-state index in [2.05, 4.69) is 201 Å². The van der Waals surface area contributed by atoms with Crippen molar-refractivity contribution in [2.45, 2.75) is 19.3 Å². The fourth-order valence-corrected chi connectivity index (χ4v) is 9.23. The number of furan rings is 1. The molecule has 55 heavy (non-hydrogen) atoms. The Morgan fingerprint density at radius 1 is 0.418 bits per heavy atom. The first-order chi connectivity index (χ1) is 27.0. The predicted octanol–water partition coefficient (Wildman–Crippen LogP) is 15.0. The van der Waals surface area contributed by atoms with Crippen molar-refractivity contribution in [3.05, 3.63) is 199 Å². The largest absolute Gasteiger partial charge is 0.456 e. The molecule has 2 heteroatoms. The molecule has 9 aromatic carbocycles. The average Bonchev–Trinajstić information content (AvgIpc) is 3.71. The van der Waals surface area contributed by atoms with E-state index in [4.69, 9.17) is 4.42 Å². The molecule has 0 N–H and O–H groups in total. The van der Waals surface area contributed by atoms with Gasteiger partial charge in [0.15, 0.2) is 0 Å². The van der Waals surface area contributed by atoms with Crippen LogP contribution in [0.1, 0.15) is 25.0 Å². The summed E-state index contributed by atoms with van der Waals surface area (Å²) in [5.74, 6) is 0. The Hall–Kier alpha value is -6.90. The van der Waals surface area contributed by atoms with Gasteiger partial charge in [-0.05, 0) is 115 Å². The summed E-state index contributed by atoms with van der Waals surface area (Å²) in [5.41, 5.74) is 15.0. The van der Waals surface area contributed by atoms with Gasteiger partial charge >= 0.3 is 0 Å². The fraction of sp³-hybridized carbons (Fsp3) is 0.0566. The molecule has 0 unspecified atom stereocenters. The van der Waals surface area contributed by atoms with Crippen molar-refractivity contribution in [1.82, 2.24) is 0 Å². The molecule has 260 valence electrons. The van der Waals surface area contributed by atoms with E-state index in [1.54, 1.807) is 0 Å². The van der Waals surface area contributed by atoms with Gasteiger partial charge in [0.1, 0.15) is 11.2 Å². The third-order valence-corrected chi connectivity index (χ3v) is 11.8. The molecule has 0 aliphatic heterocycles. The van der Waals surface area contributed by atoms with Crippen molar-refractivity contribution in [1.29, 1.82) is 0 Å². The van der Waals surface area contributed by atoms with Gasteiger partial charge in [-0.15, -0.1) is 0 Å². The highest BCUT2D eigenvalue weighted by molar-refractivity contribution is 6.08. The highest BCUT2D eigenvalue weighted by Crippen LogP contribution is 2.55. The number of hydrogen-bond acceptors (Lipinski definition) is 2. The maximum atomic E-state index is 6.48. The van der Waals surface area contributed by atoms with Crippen LogP contribution in [0.2, 0.25) is 0 Å². The molecule has 1 aromatic heterocycles. The molecular formula is C53H37NO. The molecule has 10 aromatic rings. The predicted molar refractivity (Wildman–Crippen MR) is 232 cm³/mol. The van der Waals surface area contributed by atoms with Crippen LogP contribution in [0.3, 0.4) is 0 Å². The number of para-hydroxylation sites is 1. The smallest absolute Gasteiger partial charge is 0.137 e. The Balaban J connectivity index is 1.11. The SMILES string of the molecule is CC1(C)c2cc3ccccc3cc2-c2cccc(N(c3ccc(-c4cccc5cccc(-c6ccccc6)c45)cc3)c3ccc4c(c3)oc3ccccc34)c21. The summed E-state index contributed by atoms with van der Waals surface area (Å²) in [6, 6.07) is 68.4. The summed E-state index contributed by atoms with van der Waals surface area (Å²) in [7, 11) is 0. The molecule has 1 heterocycles. The first-order valence-corrected chi connectivity index (χ1v) is 19.1. The van der Waals surface area contributed by atoms with Gasteiger partial charge < -0.3 is 9.32 Å². The fourth-order valence-electron chi connectivity index (χ4n) is 9.23. The highest BCUT2D eigenvalue weighted by Gasteiger charge is 2.39. The molecule has 0 fully saturated rings. The van der Waals surface area contributed by atoms with Crippen molar-refractivity contribution in [3.63, 3.8) is 0 Å². The van der Waals surface area contributed by atoms with Crippen LogP contribution in [0.5, 0.6) is 0 Å². The normalized spacial score (nSPS) is 13.1. The van der Waals surface area contributed by atoms with E-state index in [0.717, 1.165) is 33.3 Å². The van der Waals surface area contributed by atoms with Crippen LogP contribution in [-0.2, 0) is 5.41 Å². The number of rotatable bonds is 5. The molecule has 0 bridgehead atoms.